The Labute approximate surface area is 246 Å². The largest absolute Gasteiger partial charge is 0.497 e. The van der Waals surface area contributed by atoms with Crippen LogP contribution in [-0.2, 0) is 26.2 Å². The van der Waals surface area contributed by atoms with Crippen molar-refractivity contribution in [3.63, 3.8) is 0 Å². The zero-order valence-corrected chi connectivity index (χ0v) is 25.1. The molecule has 0 radical (unpaired) electrons. The van der Waals surface area contributed by atoms with E-state index in [-0.39, 0.29) is 40.4 Å². The lowest BCUT2D eigenvalue weighted by Crippen LogP contribution is -2.52. The lowest BCUT2D eigenvalue weighted by molar-refractivity contribution is -0.140. The SMILES string of the molecule is CCC(C(=O)NCC(C)C)N(Cc1ccc(F)cc1)C(=O)CN(c1cccc(Cl)c1)S(=O)(=O)c1ccc(OC)cc1. The van der Waals surface area contributed by atoms with Gasteiger partial charge in [-0.2, -0.15) is 0 Å². The number of nitrogens with one attached hydrogen (secondary N) is 1. The summed E-state index contributed by atoms with van der Waals surface area (Å²) in [5, 5.41) is 3.15. The number of sulfonamides is 1. The van der Waals surface area contributed by atoms with Crippen LogP contribution in [0.3, 0.4) is 0 Å². The molecule has 41 heavy (non-hydrogen) atoms. The van der Waals surface area contributed by atoms with Crippen molar-refractivity contribution < 1.29 is 27.1 Å². The number of benzene rings is 3. The molecule has 0 aromatic heterocycles. The molecule has 220 valence electrons. The quantitative estimate of drug-likeness (QED) is 0.287. The van der Waals surface area contributed by atoms with E-state index in [0.29, 0.717) is 17.9 Å². The third-order valence-electron chi connectivity index (χ3n) is 6.36. The van der Waals surface area contributed by atoms with Gasteiger partial charge in [0, 0.05) is 18.1 Å². The fraction of sp³-hybridized carbons (Fsp3) is 0.333. The first-order chi connectivity index (χ1) is 19.5. The lowest BCUT2D eigenvalue weighted by atomic mass is 10.1. The maximum absolute atomic E-state index is 14.0. The highest BCUT2D eigenvalue weighted by Gasteiger charge is 2.33. The van der Waals surface area contributed by atoms with Gasteiger partial charge in [-0.1, -0.05) is 50.6 Å². The Morgan fingerprint density at radius 2 is 1.68 bits per heavy atom. The van der Waals surface area contributed by atoms with Crippen LogP contribution in [0.5, 0.6) is 5.75 Å². The molecule has 11 heteroatoms. The van der Waals surface area contributed by atoms with E-state index in [1.165, 1.54) is 72.7 Å². The van der Waals surface area contributed by atoms with Crippen LogP contribution in [0.15, 0.2) is 77.7 Å². The number of anilines is 1. The van der Waals surface area contributed by atoms with Gasteiger partial charge in [-0.25, -0.2) is 12.8 Å². The molecule has 1 N–H and O–H groups in total. The number of halogens is 2. The molecule has 0 aliphatic heterocycles. The van der Waals surface area contributed by atoms with Gasteiger partial charge in [-0.05, 0) is 72.5 Å². The average molecular weight is 604 g/mol. The van der Waals surface area contributed by atoms with E-state index in [4.69, 9.17) is 16.3 Å². The van der Waals surface area contributed by atoms with E-state index < -0.39 is 34.3 Å². The van der Waals surface area contributed by atoms with Crippen molar-refractivity contribution in [3.8, 4) is 5.75 Å². The summed E-state index contributed by atoms with van der Waals surface area (Å²) in [5.41, 5.74) is 0.767. The first-order valence-corrected chi connectivity index (χ1v) is 15.0. The topological polar surface area (TPSA) is 96.0 Å². The van der Waals surface area contributed by atoms with Crippen LogP contribution in [0.2, 0.25) is 5.02 Å². The first-order valence-electron chi connectivity index (χ1n) is 13.2. The third kappa shape index (κ3) is 8.43. The minimum atomic E-state index is -4.26. The van der Waals surface area contributed by atoms with Crippen molar-refractivity contribution in [1.29, 1.82) is 0 Å². The summed E-state index contributed by atoms with van der Waals surface area (Å²) < 4.78 is 47.5. The second-order valence-corrected chi connectivity index (χ2v) is 12.2. The Hall–Kier alpha value is -3.63. The van der Waals surface area contributed by atoms with Crippen molar-refractivity contribution in [2.75, 3.05) is 24.5 Å². The van der Waals surface area contributed by atoms with Gasteiger partial charge < -0.3 is 15.0 Å². The highest BCUT2D eigenvalue weighted by Crippen LogP contribution is 2.28. The maximum Gasteiger partial charge on any atom is 0.264 e. The van der Waals surface area contributed by atoms with Gasteiger partial charge in [0.15, 0.2) is 0 Å². The smallest absolute Gasteiger partial charge is 0.264 e. The highest BCUT2D eigenvalue weighted by molar-refractivity contribution is 7.92. The summed E-state index contributed by atoms with van der Waals surface area (Å²) in [6.07, 6.45) is 0.277. The number of nitrogens with zero attached hydrogens (tertiary/aromatic N) is 2. The van der Waals surface area contributed by atoms with Crippen molar-refractivity contribution in [1.82, 2.24) is 10.2 Å². The number of rotatable bonds is 13. The molecule has 0 aliphatic carbocycles. The number of carbonyl (C=O) groups excluding carboxylic acids is 2. The summed E-state index contributed by atoms with van der Waals surface area (Å²) in [4.78, 5) is 28.5. The van der Waals surface area contributed by atoms with Gasteiger partial charge in [0.2, 0.25) is 11.8 Å². The van der Waals surface area contributed by atoms with E-state index in [0.717, 1.165) is 4.31 Å². The fourth-order valence-electron chi connectivity index (χ4n) is 4.16. The van der Waals surface area contributed by atoms with E-state index in [1.807, 2.05) is 13.8 Å². The Kier molecular flexibility index (Phi) is 11.1. The summed E-state index contributed by atoms with van der Waals surface area (Å²) >= 11 is 6.20. The fourth-order valence-corrected chi connectivity index (χ4v) is 5.75. The van der Waals surface area contributed by atoms with E-state index in [1.54, 1.807) is 19.1 Å². The van der Waals surface area contributed by atoms with Gasteiger partial charge in [0.1, 0.15) is 24.2 Å². The number of ether oxygens (including phenoxy) is 1. The zero-order valence-electron chi connectivity index (χ0n) is 23.5. The standard InChI is InChI=1S/C30H35ClFN3O5S/c1-5-28(30(37)33-18-21(2)3)34(19-22-9-11-24(32)12-10-22)29(36)20-35(25-8-6-7-23(31)17-25)41(38,39)27-15-13-26(40-4)14-16-27/h6-17,21,28H,5,18-20H2,1-4H3,(H,33,37). The predicted octanol–water partition coefficient (Wildman–Crippen LogP) is 5.26. The van der Waals surface area contributed by atoms with Gasteiger partial charge >= 0.3 is 0 Å². The van der Waals surface area contributed by atoms with Crippen molar-refractivity contribution >= 4 is 39.1 Å². The summed E-state index contributed by atoms with van der Waals surface area (Å²) in [7, 11) is -2.79. The average Bonchev–Trinajstić information content (AvgIpc) is 2.95. The minimum Gasteiger partial charge on any atom is -0.497 e. The minimum absolute atomic E-state index is 0.0291. The third-order valence-corrected chi connectivity index (χ3v) is 8.38. The molecule has 0 saturated carbocycles. The molecule has 0 spiro atoms. The van der Waals surface area contributed by atoms with Crippen LogP contribution in [-0.4, -0.2) is 51.4 Å². The summed E-state index contributed by atoms with van der Waals surface area (Å²) in [6, 6.07) is 16.7. The molecule has 3 aromatic rings. The van der Waals surface area contributed by atoms with Gasteiger partial charge in [0.25, 0.3) is 10.0 Å². The maximum atomic E-state index is 14.0. The van der Waals surface area contributed by atoms with Crippen LogP contribution in [0.4, 0.5) is 10.1 Å². The van der Waals surface area contributed by atoms with E-state index in [9.17, 15) is 22.4 Å². The van der Waals surface area contributed by atoms with Gasteiger partial charge in [-0.3, -0.25) is 13.9 Å². The number of hydrogen-bond donors (Lipinski definition) is 1. The van der Waals surface area contributed by atoms with Crippen molar-refractivity contribution in [3.05, 3.63) is 89.2 Å². The predicted molar refractivity (Wildman–Crippen MR) is 158 cm³/mol. The molecular formula is C30H35ClFN3O5S. The molecule has 0 aliphatic rings. The number of carbonyl (C=O) groups is 2. The molecule has 0 fully saturated rings. The van der Waals surface area contributed by atoms with Crippen LogP contribution >= 0.6 is 11.6 Å². The molecule has 0 heterocycles. The molecule has 2 amide bonds. The van der Waals surface area contributed by atoms with Crippen LogP contribution in [0, 0.1) is 11.7 Å². The molecule has 3 rings (SSSR count). The Morgan fingerprint density at radius 3 is 2.24 bits per heavy atom. The van der Waals surface area contributed by atoms with Gasteiger partial charge in [-0.15, -0.1) is 0 Å². The Morgan fingerprint density at radius 1 is 1.02 bits per heavy atom. The molecular weight excluding hydrogens is 569 g/mol. The molecule has 3 aromatic carbocycles. The second kappa shape index (κ2) is 14.3. The molecule has 0 saturated heterocycles. The van der Waals surface area contributed by atoms with Crippen molar-refractivity contribution in [2.24, 2.45) is 5.92 Å². The molecule has 1 unspecified atom stereocenters. The van der Waals surface area contributed by atoms with Crippen LogP contribution in [0.1, 0.15) is 32.8 Å². The summed E-state index contributed by atoms with van der Waals surface area (Å²) in [5.74, 6) is -0.753. The molecule has 8 nitrogen and oxygen atoms in total. The van der Waals surface area contributed by atoms with Crippen LogP contribution < -0.4 is 14.4 Å². The summed E-state index contributed by atoms with van der Waals surface area (Å²) in [6.45, 7) is 5.45. The normalized spacial score (nSPS) is 12.1. The lowest BCUT2D eigenvalue weighted by Gasteiger charge is -2.33. The highest BCUT2D eigenvalue weighted by atomic mass is 35.5. The first kappa shape index (κ1) is 31.9. The second-order valence-electron chi connectivity index (χ2n) is 9.88. The van der Waals surface area contributed by atoms with Gasteiger partial charge in [0.05, 0.1) is 17.7 Å². The monoisotopic (exact) mass is 603 g/mol. The molecule has 1 atom stereocenters. The number of methoxy groups -OCH3 is 1. The van der Waals surface area contributed by atoms with E-state index in [2.05, 4.69) is 5.32 Å². The zero-order chi connectivity index (χ0) is 30.2. The van der Waals surface area contributed by atoms with Crippen molar-refractivity contribution in [2.45, 2.75) is 44.7 Å². The number of hydrogen-bond acceptors (Lipinski definition) is 5. The molecule has 0 bridgehead atoms. The van der Waals surface area contributed by atoms with E-state index >= 15 is 0 Å². The van der Waals surface area contributed by atoms with Crippen LogP contribution in [0.25, 0.3) is 0 Å². The Balaban J connectivity index is 2.04. The Bertz CT molecular complexity index is 1430. The number of amides is 2.